The van der Waals surface area contributed by atoms with Gasteiger partial charge in [0, 0.05) is 34.6 Å². The van der Waals surface area contributed by atoms with Crippen molar-refractivity contribution in [1.82, 2.24) is 4.57 Å². The first-order valence-electron chi connectivity index (χ1n) is 10.2. The minimum atomic E-state index is -0.172. The van der Waals surface area contributed by atoms with Crippen LogP contribution in [0.25, 0.3) is 0 Å². The molecule has 6 heteroatoms. The molecule has 0 saturated heterocycles. The summed E-state index contributed by atoms with van der Waals surface area (Å²) >= 11 is 1.67. The number of carbonyl (C=O) groups is 2. The standard InChI is InChI=1S/C25H21N3O2S/c29-24(23-8-3-14-27(23)17-21-6-4-16-31-21)26-20-11-9-19(10-12-20)25(30)28-15-13-18-5-1-2-7-22(18)28/h1-12,14,16H,13,15,17H2,(H,26,29). The normalized spacial score (nSPS) is 12.6. The number of fused-ring (bicyclic) bond motifs is 1. The third kappa shape index (κ3) is 3.90. The number of hydrogen-bond acceptors (Lipinski definition) is 3. The van der Waals surface area contributed by atoms with Crippen LogP contribution in [0.2, 0.25) is 0 Å². The summed E-state index contributed by atoms with van der Waals surface area (Å²) in [7, 11) is 0. The van der Waals surface area contributed by atoms with Crippen LogP contribution in [0.4, 0.5) is 11.4 Å². The van der Waals surface area contributed by atoms with Gasteiger partial charge in [-0.15, -0.1) is 11.3 Å². The molecule has 2 amide bonds. The smallest absolute Gasteiger partial charge is 0.272 e. The van der Waals surface area contributed by atoms with Crippen molar-refractivity contribution in [2.45, 2.75) is 13.0 Å². The summed E-state index contributed by atoms with van der Waals surface area (Å²) in [6.45, 7) is 1.36. The highest BCUT2D eigenvalue weighted by molar-refractivity contribution is 7.09. The molecule has 1 aliphatic heterocycles. The van der Waals surface area contributed by atoms with E-state index in [1.807, 2.05) is 57.4 Å². The Bertz CT molecular complexity index is 1230. The molecule has 0 unspecified atom stereocenters. The molecule has 0 aliphatic carbocycles. The first-order valence-corrected chi connectivity index (χ1v) is 11.1. The van der Waals surface area contributed by atoms with E-state index in [9.17, 15) is 9.59 Å². The molecule has 5 rings (SSSR count). The maximum Gasteiger partial charge on any atom is 0.272 e. The maximum atomic E-state index is 13.0. The third-order valence-electron chi connectivity index (χ3n) is 5.49. The van der Waals surface area contributed by atoms with E-state index >= 15 is 0 Å². The van der Waals surface area contributed by atoms with Gasteiger partial charge in [0.25, 0.3) is 11.8 Å². The Morgan fingerprint density at radius 1 is 0.935 bits per heavy atom. The van der Waals surface area contributed by atoms with Crippen LogP contribution in [-0.4, -0.2) is 22.9 Å². The molecule has 1 N–H and O–H groups in total. The highest BCUT2D eigenvalue weighted by Crippen LogP contribution is 2.29. The first-order chi connectivity index (χ1) is 15.2. The molecule has 0 saturated carbocycles. The van der Waals surface area contributed by atoms with E-state index in [-0.39, 0.29) is 11.8 Å². The molecule has 0 radical (unpaired) electrons. The average molecular weight is 428 g/mol. The Balaban J connectivity index is 1.28. The minimum Gasteiger partial charge on any atom is -0.338 e. The Hall–Kier alpha value is -3.64. The zero-order valence-corrected chi connectivity index (χ0v) is 17.6. The molecule has 154 valence electrons. The van der Waals surface area contributed by atoms with E-state index in [2.05, 4.69) is 17.4 Å². The molecule has 1 aliphatic rings. The van der Waals surface area contributed by atoms with Crippen molar-refractivity contribution < 1.29 is 9.59 Å². The zero-order chi connectivity index (χ0) is 21.2. The fraction of sp³-hybridized carbons (Fsp3) is 0.120. The Morgan fingerprint density at radius 3 is 2.58 bits per heavy atom. The molecule has 3 heterocycles. The van der Waals surface area contributed by atoms with E-state index in [4.69, 9.17) is 0 Å². The lowest BCUT2D eigenvalue weighted by Gasteiger charge is -2.17. The SMILES string of the molecule is O=C(Nc1ccc(C(=O)N2CCc3ccccc32)cc1)c1cccn1Cc1cccs1. The molecule has 31 heavy (non-hydrogen) atoms. The van der Waals surface area contributed by atoms with Gasteiger partial charge >= 0.3 is 0 Å². The van der Waals surface area contributed by atoms with Gasteiger partial charge in [-0.1, -0.05) is 24.3 Å². The summed E-state index contributed by atoms with van der Waals surface area (Å²) in [5, 5.41) is 4.96. The van der Waals surface area contributed by atoms with Crippen molar-refractivity contribution in [3.8, 4) is 0 Å². The number of para-hydroxylation sites is 1. The van der Waals surface area contributed by atoms with E-state index in [1.54, 1.807) is 35.6 Å². The van der Waals surface area contributed by atoms with Crippen LogP contribution in [0.1, 0.15) is 31.3 Å². The molecule has 2 aromatic carbocycles. The van der Waals surface area contributed by atoms with Crippen LogP contribution in [0.3, 0.4) is 0 Å². The Morgan fingerprint density at radius 2 is 1.77 bits per heavy atom. The van der Waals surface area contributed by atoms with Crippen molar-refractivity contribution in [3.63, 3.8) is 0 Å². The fourth-order valence-corrected chi connectivity index (χ4v) is 4.63. The van der Waals surface area contributed by atoms with Gasteiger partial charge in [0.2, 0.25) is 0 Å². The molecule has 5 nitrogen and oxygen atoms in total. The number of anilines is 2. The molecule has 0 bridgehead atoms. The monoisotopic (exact) mass is 427 g/mol. The first kappa shape index (κ1) is 19.3. The van der Waals surface area contributed by atoms with Crippen molar-refractivity contribution in [3.05, 3.63) is 106 Å². The van der Waals surface area contributed by atoms with Crippen LogP contribution >= 0.6 is 11.3 Å². The number of thiophene rings is 1. The van der Waals surface area contributed by atoms with Crippen molar-refractivity contribution in [2.24, 2.45) is 0 Å². The van der Waals surface area contributed by atoms with Crippen molar-refractivity contribution >= 4 is 34.5 Å². The van der Waals surface area contributed by atoms with Gasteiger partial charge in [-0.2, -0.15) is 0 Å². The molecule has 2 aromatic heterocycles. The number of nitrogens with zero attached hydrogens (tertiary/aromatic N) is 2. The second-order valence-corrected chi connectivity index (χ2v) is 8.50. The van der Waals surface area contributed by atoms with Gasteiger partial charge in [-0.05, 0) is 65.9 Å². The summed E-state index contributed by atoms with van der Waals surface area (Å²) < 4.78 is 1.93. The van der Waals surface area contributed by atoms with Gasteiger partial charge in [0.1, 0.15) is 5.69 Å². The van der Waals surface area contributed by atoms with Gasteiger partial charge in [0.05, 0.1) is 6.54 Å². The van der Waals surface area contributed by atoms with Gasteiger partial charge in [0.15, 0.2) is 0 Å². The van der Waals surface area contributed by atoms with Crippen LogP contribution < -0.4 is 10.2 Å². The van der Waals surface area contributed by atoms with Gasteiger partial charge in [-0.3, -0.25) is 9.59 Å². The lowest BCUT2D eigenvalue weighted by Crippen LogP contribution is -2.28. The molecular formula is C25H21N3O2S. The number of carbonyl (C=O) groups excluding carboxylic acids is 2. The Kier molecular flexibility index (Phi) is 5.14. The van der Waals surface area contributed by atoms with Crippen LogP contribution in [0.5, 0.6) is 0 Å². The average Bonchev–Trinajstić information content (AvgIpc) is 3.55. The predicted molar refractivity (Wildman–Crippen MR) is 124 cm³/mol. The Labute approximate surface area is 184 Å². The van der Waals surface area contributed by atoms with Crippen molar-refractivity contribution in [1.29, 1.82) is 0 Å². The molecule has 0 atom stereocenters. The minimum absolute atomic E-state index is 0.0207. The van der Waals surface area contributed by atoms with E-state index < -0.39 is 0 Å². The summed E-state index contributed by atoms with van der Waals surface area (Å²) in [6, 6.07) is 22.8. The number of rotatable bonds is 5. The highest BCUT2D eigenvalue weighted by Gasteiger charge is 2.25. The summed E-state index contributed by atoms with van der Waals surface area (Å²) in [5.41, 5.74) is 4.05. The van der Waals surface area contributed by atoms with Crippen LogP contribution in [-0.2, 0) is 13.0 Å². The molecule has 0 fully saturated rings. The second kappa shape index (κ2) is 8.24. The van der Waals surface area contributed by atoms with E-state index in [1.165, 1.54) is 10.4 Å². The summed E-state index contributed by atoms with van der Waals surface area (Å²) in [6.07, 6.45) is 2.78. The highest BCUT2D eigenvalue weighted by atomic mass is 32.1. The topological polar surface area (TPSA) is 54.3 Å². The second-order valence-electron chi connectivity index (χ2n) is 7.47. The summed E-state index contributed by atoms with van der Waals surface area (Å²) in [5.74, 6) is -0.193. The number of amides is 2. The quantitative estimate of drug-likeness (QED) is 0.484. The molecule has 0 spiro atoms. The largest absolute Gasteiger partial charge is 0.338 e. The predicted octanol–water partition coefficient (Wildman–Crippen LogP) is 5.05. The lowest BCUT2D eigenvalue weighted by atomic mass is 10.1. The number of nitrogens with one attached hydrogen (secondary N) is 1. The number of aromatic nitrogens is 1. The molecular weight excluding hydrogens is 406 g/mol. The zero-order valence-electron chi connectivity index (χ0n) is 16.8. The fourth-order valence-electron chi connectivity index (χ4n) is 3.92. The van der Waals surface area contributed by atoms with Gasteiger partial charge in [-0.25, -0.2) is 0 Å². The third-order valence-corrected chi connectivity index (χ3v) is 6.35. The van der Waals surface area contributed by atoms with Gasteiger partial charge < -0.3 is 14.8 Å². The number of benzene rings is 2. The van der Waals surface area contributed by atoms with Crippen LogP contribution in [0.15, 0.2) is 84.4 Å². The van der Waals surface area contributed by atoms with E-state index in [0.29, 0.717) is 30.0 Å². The summed E-state index contributed by atoms with van der Waals surface area (Å²) in [4.78, 5) is 28.8. The number of hydrogen-bond donors (Lipinski definition) is 1. The lowest BCUT2D eigenvalue weighted by molar-refractivity contribution is 0.0987. The van der Waals surface area contributed by atoms with E-state index in [0.717, 1.165) is 12.1 Å². The van der Waals surface area contributed by atoms with Crippen molar-refractivity contribution in [2.75, 3.05) is 16.8 Å². The maximum absolute atomic E-state index is 13.0. The molecule has 4 aromatic rings. The van der Waals surface area contributed by atoms with Crippen LogP contribution in [0, 0.1) is 0 Å².